The van der Waals surface area contributed by atoms with Gasteiger partial charge in [-0.25, -0.2) is 4.79 Å². The minimum atomic E-state index is -4.50. The van der Waals surface area contributed by atoms with Crippen molar-refractivity contribution in [2.45, 2.75) is 38.9 Å². The van der Waals surface area contributed by atoms with Crippen molar-refractivity contribution in [1.82, 2.24) is 14.7 Å². The molecule has 0 saturated carbocycles. The number of carbonyl (C=O) groups is 3. The molecular formula is C37H38F3N3O4. The summed E-state index contributed by atoms with van der Waals surface area (Å²) in [7, 11) is 0. The Labute approximate surface area is 272 Å². The molecule has 1 atom stereocenters. The maximum absolute atomic E-state index is 13.4. The van der Waals surface area contributed by atoms with Crippen molar-refractivity contribution in [3.8, 4) is 0 Å². The average Bonchev–Trinajstić information content (AvgIpc) is 3.07. The number of alkyl halides is 3. The number of benzene rings is 3. The van der Waals surface area contributed by atoms with Gasteiger partial charge in [0.05, 0.1) is 24.3 Å². The number of amides is 2. The maximum atomic E-state index is 13.4. The van der Waals surface area contributed by atoms with Crippen LogP contribution in [0, 0.1) is 0 Å². The molecule has 0 aliphatic carbocycles. The maximum Gasteiger partial charge on any atom is 0.416 e. The van der Waals surface area contributed by atoms with E-state index in [1.165, 1.54) is 17.0 Å². The number of ether oxygens (including phenoxy) is 1. The van der Waals surface area contributed by atoms with Gasteiger partial charge in [0, 0.05) is 56.3 Å². The summed E-state index contributed by atoms with van der Waals surface area (Å²) in [5, 5.41) is 0. The first-order valence-electron chi connectivity index (χ1n) is 15.7. The molecule has 10 heteroatoms. The zero-order chi connectivity index (χ0) is 33.6. The Morgan fingerprint density at radius 2 is 1.57 bits per heavy atom. The van der Waals surface area contributed by atoms with E-state index >= 15 is 0 Å². The predicted octanol–water partition coefficient (Wildman–Crippen LogP) is 6.53. The number of halogens is 3. The van der Waals surface area contributed by atoms with Gasteiger partial charge < -0.3 is 14.5 Å². The van der Waals surface area contributed by atoms with Crippen LogP contribution in [0.2, 0.25) is 0 Å². The first-order chi connectivity index (χ1) is 22.5. The van der Waals surface area contributed by atoms with Gasteiger partial charge >= 0.3 is 12.1 Å². The molecule has 7 nitrogen and oxygen atoms in total. The van der Waals surface area contributed by atoms with Crippen molar-refractivity contribution in [2.24, 2.45) is 0 Å². The number of piperazine rings is 1. The number of nitrogens with zero attached hydrogens (tertiary/aromatic N) is 3. The van der Waals surface area contributed by atoms with Crippen LogP contribution in [0.1, 0.15) is 58.8 Å². The van der Waals surface area contributed by atoms with E-state index in [4.69, 9.17) is 4.74 Å². The number of allylic oxidation sites excluding steroid dienone is 1. The lowest BCUT2D eigenvalue weighted by Gasteiger charge is -2.35. The van der Waals surface area contributed by atoms with Gasteiger partial charge in [0.1, 0.15) is 0 Å². The molecule has 0 bridgehead atoms. The van der Waals surface area contributed by atoms with Crippen molar-refractivity contribution in [1.29, 1.82) is 0 Å². The Morgan fingerprint density at radius 1 is 0.915 bits per heavy atom. The van der Waals surface area contributed by atoms with Gasteiger partial charge in [-0.2, -0.15) is 13.2 Å². The molecule has 5 rings (SSSR count). The molecule has 1 saturated heterocycles. The fraction of sp³-hybridized carbons (Fsp3) is 0.324. The molecule has 0 unspecified atom stereocenters. The van der Waals surface area contributed by atoms with E-state index in [0.717, 1.165) is 42.9 Å². The quantitative estimate of drug-likeness (QED) is 0.248. The summed E-state index contributed by atoms with van der Waals surface area (Å²) in [6, 6.07) is 21.7. The summed E-state index contributed by atoms with van der Waals surface area (Å²) in [5.74, 6) is -1.66. The Balaban J connectivity index is 1.23. The third-order valence-electron chi connectivity index (χ3n) is 8.63. The third-order valence-corrected chi connectivity index (χ3v) is 8.63. The first-order valence-corrected chi connectivity index (χ1v) is 15.7. The second-order valence-electron chi connectivity index (χ2n) is 11.7. The van der Waals surface area contributed by atoms with Gasteiger partial charge in [-0.15, -0.1) is 0 Å². The Morgan fingerprint density at radius 3 is 2.19 bits per heavy atom. The number of carbonyl (C=O) groups excluding carboxylic acids is 3. The van der Waals surface area contributed by atoms with E-state index in [1.807, 2.05) is 23.1 Å². The third kappa shape index (κ3) is 8.18. The highest BCUT2D eigenvalue weighted by atomic mass is 19.4. The minimum absolute atomic E-state index is 0.0508. The first kappa shape index (κ1) is 33.7. The molecule has 2 aliphatic rings. The molecule has 1 fully saturated rings. The molecule has 3 aromatic carbocycles. The van der Waals surface area contributed by atoms with Crippen molar-refractivity contribution >= 4 is 23.9 Å². The molecule has 246 valence electrons. The van der Waals surface area contributed by atoms with Gasteiger partial charge in [-0.05, 0) is 54.8 Å². The molecule has 2 aliphatic heterocycles. The van der Waals surface area contributed by atoms with Crippen molar-refractivity contribution in [3.05, 3.63) is 124 Å². The number of rotatable bonds is 9. The molecule has 0 radical (unpaired) electrons. The van der Waals surface area contributed by atoms with Crippen LogP contribution in [0.3, 0.4) is 0 Å². The second-order valence-corrected chi connectivity index (χ2v) is 11.7. The van der Waals surface area contributed by atoms with Gasteiger partial charge in [0.2, 0.25) is 5.91 Å². The monoisotopic (exact) mass is 645 g/mol. The number of hydrogen-bond donors (Lipinski definition) is 0. The van der Waals surface area contributed by atoms with Crippen LogP contribution in [0.25, 0.3) is 6.08 Å². The summed E-state index contributed by atoms with van der Waals surface area (Å²) in [4.78, 5) is 45.4. The van der Waals surface area contributed by atoms with Crippen LogP contribution >= 0.6 is 0 Å². The van der Waals surface area contributed by atoms with Gasteiger partial charge in [0.25, 0.3) is 5.91 Å². The fourth-order valence-corrected chi connectivity index (χ4v) is 6.02. The Bertz CT molecular complexity index is 1630. The van der Waals surface area contributed by atoms with E-state index in [0.29, 0.717) is 29.9 Å². The summed E-state index contributed by atoms with van der Waals surface area (Å²) in [6.07, 6.45) is -0.353. The van der Waals surface area contributed by atoms with E-state index < -0.39 is 23.6 Å². The SMILES string of the molecule is CCOC(=O)C1=C(C)N(Cc2ccc(C(=O)N3CCN(C/C=C/c4ccccc4)CC3)cc2)C(=O)C[C@@H]1c1ccc(C(F)(F)F)cc1. The van der Waals surface area contributed by atoms with E-state index in [9.17, 15) is 27.6 Å². The normalized spacial score (nSPS) is 17.8. The molecule has 0 aromatic heterocycles. The van der Waals surface area contributed by atoms with Gasteiger partial charge in [0.15, 0.2) is 0 Å². The zero-order valence-corrected chi connectivity index (χ0v) is 26.5. The molecular weight excluding hydrogens is 607 g/mol. The lowest BCUT2D eigenvalue weighted by Crippen LogP contribution is -2.48. The van der Waals surface area contributed by atoms with E-state index in [2.05, 4.69) is 29.2 Å². The van der Waals surface area contributed by atoms with Crippen LogP contribution in [0.5, 0.6) is 0 Å². The standard InChI is InChI=1S/C37H38F3N3O4/c1-3-47-36(46)34-26(2)43(33(44)24-32(34)29-15-17-31(18-16-29)37(38,39)40)25-28-11-13-30(14-12-28)35(45)42-22-20-41(21-23-42)19-7-10-27-8-5-4-6-9-27/h4-18,32H,3,19-25H2,1-2H3/b10-7+/t32-/m1/s1. The zero-order valence-electron chi connectivity index (χ0n) is 26.5. The highest BCUT2D eigenvalue weighted by Crippen LogP contribution is 2.39. The Kier molecular flexibility index (Phi) is 10.6. The van der Waals surface area contributed by atoms with Crippen LogP contribution in [0.15, 0.2) is 96.2 Å². The average molecular weight is 646 g/mol. The minimum Gasteiger partial charge on any atom is -0.463 e. The molecule has 47 heavy (non-hydrogen) atoms. The second kappa shape index (κ2) is 14.8. The summed E-state index contributed by atoms with van der Waals surface area (Å²) >= 11 is 0. The number of esters is 1. The molecule has 0 N–H and O–H groups in total. The smallest absolute Gasteiger partial charge is 0.416 e. The van der Waals surface area contributed by atoms with Gasteiger partial charge in [-0.1, -0.05) is 66.7 Å². The lowest BCUT2D eigenvalue weighted by molar-refractivity contribution is -0.140. The molecule has 0 spiro atoms. The van der Waals surface area contributed by atoms with Crippen LogP contribution in [0.4, 0.5) is 13.2 Å². The highest BCUT2D eigenvalue weighted by molar-refractivity contribution is 5.96. The van der Waals surface area contributed by atoms with Crippen molar-refractivity contribution in [3.63, 3.8) is 0 Å². The van der Waals surface area contributed by atoms with Gasteiger partial charge in [-0.3, -0.25) is 14.5 Å². The summed E-state index contributed by atoms with van der Waals surface area (Å²) in [6.45, 7) is 7.22. The molecule has 2 amide bonds. The largest absolute Gasteiger partial charge is 0.463 e. The fourth-order valence-electron chi connectivity index (χ4n) is 6.02. The summed E-state index contributed by atoms with van der Waals surface area (Å²) < 4.78 is 44.7. The van der Waals surface area contributed by atoms with Crippen molar-refractivity contribution in [2.75, 3.05) is 39.3 Å². The molecule has 2 heterocycles. The van der Waals surface area contributed by atoms with E-state index in [1.54, 1.807) is 38.1 Å². The number of hydrogen-bond acceptors (Lipinski definition) is 5. The van der Waals surface area contributed by atoms with E-state index in [-0.39, 0.29) is 37.0 Å². The van der Waals surface area contributed by atoms with Crippen LogP contribution in [-0.2, 0) is 27.0 Å². The van der Waals surface area contributed by atoms with Crippen LogP contribution in [-0.4, -0.2) is 71.8 Å². The lowest BCUT2D eigenvalue weighted by atomic mass is 9.83. The Hall–Kier alpha value is -4.70. The highest BCUT2D eigenvalue weighted by Gasteiger charge is 2.38. The summed E-state index contributed by atoms with van der Waals surface area (Å²) in [5.41, 5.74) is 2.73. The predicted molar refractivity (Wildman–Crippen MR) is 173 cm³/mol. The molecule has 3 aromatic rings. The van der Waals surface area contributed by atoms with Crippen molar-refractivity contribution < 1.29 is 32.3 Å². The topological polar surface area (TPSA) is 70.2 Å². The van der Waals surface area contributed by atoms with Crippen LogP contribution < -0.4 is 0 Å².